The number of nitrogens with zero attached hydrogens (tertiary/aromatic N) is 1. The minimum absolute atomic E-state index is 0.0323. The highest BCUT2D eigenvalue weighted by Gasteiger charge is 2.33. The summed E-state index contributed by atoms with van der Waals surface area (Å²) in [5, 5.41) is 3.06. The molecule has 1 rings (SSSR count). The molecule has 0 aromatic rings. The summed E-state index contributed by atoms with van der Waals surface area (Å²) in [6.07, 6.45) is 4.07. The Morgan fingerprint density at radius 3 is 2.40 bits per heavy atom. The van der Waals surface area contributed by atoms with Crippen molar-refractivity contribution in [1.82, 2.24) is 10.2 Å². The van der Waals surface area contributed by atoms with Crippen LogP contribution in [-0.4, -0.2) is 41.4 Å². The van der Waals surface area contributed by atoms with Crippen molar-refractivity contribution in [3.8, 4) is 0 Å². The SMILES string of the molecule is CCN(C(C)=O)[C@H]1CCCC[C@H]1NC(=O)[C@@H](N)C(C)C. The highest BCUT2D eigenvalue weighted by atomic mass is 16.2. The number of likely N-dealkylation sites (N-methyl/N-ethyl adjacent to an activating group) is 1. The van der Waals surface area contributed by atoms with E-state index >= 15 is 0 Å². The number of nitrogens with two attached hydrogens (primary N) is 1. The van der Waals surface area contributed by atoms with Gasteiger partial charge in [-0.15, -0.1) is 0 Å². The van der Waals surface area contributed by atoms with E-state index in [2.05, 4.69) is 5.32 Å². The topological polar surface area (TPSA) is 75.4 Å². The number of hydrogen-bond donors (Lipinski definition) is 2. The molecule has 5 nitrogen and oxygen atoms in total. The van der Waals surface area contributed by atoms with E-state index in [0.29, 0.717) is 6.54 Å². The van der Waals surface area contributed by atoms with Gasteiger partial charge >= 0.3 is 0 Å². The number of hydrogen-bond acceptors (Lipinski definition) is 3. The lowest BCUT2D eigenvalue weighted by Gasteiger charge is -2.40. The largest absolute Gasteiger partial charge is 0.350 e. The molecule has 0 heterocycles. The molecule has 1 aliphatic carbocycles. The lowest BCUT2D eigenvalue weighted by atomic mass is 9.88. The van der Waals surface area contributed by atoms with E-state index < -0.39 is 6.04 Å². The van der Waals surface area contributed by atoms with Crippen molar-refractivity contribution < 1.29 is 9.59 Å². The molecular weight excluding hydrogens is 254 g/mol. The summed E-state index contributed by atoms with van der Waals surface area (Å²) in [5.41, 5.74) is 5.90. The molecule has 0 aromatic carbocycles. The Morgan fingerprint density at radius 2 is 1.90 bits per heavy atom. The highest BCUT2D eigenvalue weighted by Crippen LogP contribution is 2.23. The fourth-order valence-electron chi connectivity index (χ4n) is 2.93. The van der Waals surface area contributed by atoms with Gasteiger partial charge in [-0.05, 0) is 25.7 Å². The van der Waals surface area contributed by atoms with E-state index in [9.17, 15) is 9.59 Å². The zero-order valence-corrected chi connectivity index (χ0v) is 13.2. The van der Waals surface area contributed by atoms with Crippen molar-refractivity contribution >= 4 is 11.8 Å². The van der Waals surface area contributed by atoms with Crippen molar-refractivity contribution in [2.75, 3.05) is 6.54 Å². The standard InChI is InChI=1S/C15H29N3O2/c1-5-18(11(4)19)13-9-7-6-8-12(13)17-15(20)14(16)10(2)3/h10,12-14H,5-9,16H2,1-4H3,(H,17,20)/t12-,13+,14+/m1/s1. The van der Waals surface area contributed by atoms with Gasteiger partial charge in [0.1, 0.15) is 0 Å². The van der Waals surface area contributed by atoms with Crippen LogP contribution in [0.1, 0.15) is 53.4 Å². The summed E-state index contributed by atoms with van der Waals surface area (Å²) in [7, 11) is 0. The lowest BCUT2D eigenvalue weighted by molar-refractivity contribution is -0.134. The van der Waals surface area contributed by atoms with Gasteiger partial charge in [-0.1, -0.05) is 26.7 Å². The lowest BCUT2D eigenvalue weighted by Crippen LogP contribution is -2.57. The van der Waals surface area contributed by atoms with Crippen molar-refractivity contribution in [3.63, 3.8) is 0 Å². The predicted octanol–water partition coefficient (Wildman–Crippen LogP) is 1.27. The monoisotopic (exact) mass is 283 g/mol. The first kappa shape index (κ1) is 17.0. The molecule has 116 valence electrons. The van der Waals surface area contributed by atoms with E-state index in [1.807, 2.05) is 25.7 Å². The second-order valence-electron chi connectivity index (χ2n) is 6.04. The number of rotatable bonds is 5. The van der Waals surface area contributed by atoms with Gasteiger partial charge in [0.05, 0.1) is 12.1 Å². The maximum absolute atomic E-state index is 12.1. The number of carbonyl (C=O) groups is 2. The smallest absolute Gasteiger partial charge is 0.237 e. The van der Waals surface area contributed by atoms with Crippen LogP contribution in [-0.2, 0) is 9.59 Å². The average molecular weight is 283 g/mol. The van der Waals surface area contributed by atoms with Crippen molar-refractivity contribution in [2.24, 2.45) is 11.7 Å². The van der Waals surface area contributed by atoms with Gasteiger partial charge in [-0.25, -0.2) is 0 Å². The summed E-state index contributed by atoms with van der Waals surface area (Å²) in [5.74, 6) is 0.0930. The first-order chi connectivity index (χ1) is 9.38. The summed E-state index contributed by atoms with van der Waals surface area (Å²) in [4.78, 5) is 25.7. The van der Waals surface area contributed by atoms with E-state index in [1.165, 1.54) is 0 Å². The first-order valence-electron chi connectivity index (χ1n) is 7.71. The molecular formula is C15H29N3O2. The first-order valence-corrected chi connectivity index (χ1v) is 7.71. The fraction of sp³-hybridized carbons (Fsp3) is 0.867. The third-order valence-corrected chi connectivity index (χ3v) is 4.22. The molecule has 3 N–H and O–H groups in total. The highest BCUT2D eigenvalue weighted by molar-refractivity contribution is 5.82. The minimum atomic E-state index is -0.481. The van der Waals surface area contributed by atoms with Gasteiger partial charge in [0.25, 0.3) is 0 Å². The van der Waals surface area contributed by atoms with Crippen LogP contribution in [0.15, 0.2) is 0 Å². The zero-order valence-electron chi connectivity index (χ0n) is 13.2. The van der Waals surface area contributed by atoms with Crippen molar-refractivity contribution in [1.29, 1.82) is 0 Å². The van der Waals surface area contributed by atoms with E-state index in [4.69, 9.17) is 5.73 Å². The van der Waals surface area contributed by atoms with E-state index in [1.54, 1.807) is 6.92 Å². The van der Waals surface area contributed by atoms with Gasteiger partial charge in [0.15, 0.2) is 0 Å². The third kappa shape index (κ3) is 4.20. The zero-order chi connectivity index (χ0) is 15.3. The molecule has 2 amide bonds. The summed E-state index contributed by atoms with van der Waals surface area (Å²) in [6.45, 7) is 8.14. The van der Waals surface area contributed by atoms with Crippen LogP contribution in [0.3, 0.4) is 0 Å². The normalized spacial score (nSPS) is 24.3. The third-order valence-electron chi connectivity index (χ3n) is 4.22. The number of nitrogens with one attached hydrogen (secondary N) is 1. The minimum Gasteiger partial charge on any atom is -0.350 e. The maximum atomic E-state index is 12.1. The average Bonchev–Trinajstić information content (AvgIpc) is 2.40. The molecule has 0 aliphatic heterocycles. The number of amides is 2. The Bertz CT molecular complexity index is 344. The van der Waals surface area contributed by atoms with E-state index in [0.717, 1.165) is 25.7 Å². The molecule has 0 radical (unpaired) electrons. The molecule has 0 spiro atoms. The molecule has 0 saturated heterocycles. The van der Waals surface area contributed by atoms with Gasteiger partial charge < -0.3 is 16.0 Å². The Morgan fingerprint density at radius 1 is 1.30 bits per heavy atom. The molecule has 1 fully saturated rings. The van der Waals surface area contributed by atoms with Crippen LogP contribution in [0.2, 0.25) is 0 Å². The van der Waals surface area contributed by atoms with E-state index in [-0.39, 0.29) is 29.8 Å². The molecule has 0 aromatic heterocycles. The molecule has 5 heteroatoms. The Labute approximate surface area is 122 Å². The Kier molecular flexibility index (Phi) is 6.46. The summed E-state index contributed by atoms with van der Waals surface area (Å²) >= 11 is 0. The van der Waals surface area contributed by atoms with Gasteiger partial charge in [0, 0.05) is 19.5 Å². The van der Waals surface area contributed by atoms with Crippen molar-refractivity contribution in [2.45, 2.75) is 71.5 Å². The van der Waals surface area contributed by atoms with Gasteiger partial charge in [-0.2, -0.15) is 0 Å². The Balaban J connectivity index is 2.74. The van der Waals surface area contributed by atoms with Gasteiger partial charge in [-0.3, -0.25) is 9.59 Å². The molecule has 1 saturated carbocycles. The van der Waals surface area contributed by atoms with Crippen LogP contribution < -0.4 is 11.1 Å². The van der Waals surface area contributed by atoms with Crippen LogP contribution in [0.25, 0.3) is 0 Å². The molecule has 3 atom stereocenters. The maximum Gasteiger partial charge on any atom is 0.237 e. The fourth-order valence-corrected chi connectivity index (χ4v) is 2.93. The summed E-state index contributed by atoms with van der Waals surface area (Å²) < 4.78 is 0. The van der Waals surface area contributed by atoms with Crippen molar-refractivity contribution in [3.05, 3.63) is 0 Å². The van der Waals surface area contributed by atoms with Crippen LogP contribution in [0, 0.1) is 5.92 Å². The summed E-state index contributed by atoms with van der Waals surface area (Å²) in [6, 6.07) is -0.343. The molecule has 1 aliphatic rings. The van der Waals surface area contributed by atoms with Crippen LogP contribution in [0.4, 0.5) is 0 Å². The molecule has 0 unspecified atom stereocenters. The van der Waals surface area contributed by atoms with Crippen LogP contribution in [0.5, 0.6) is 0 Å². The predicted molar refractivity (Wildman–Crippen MR) is 80.1 cm³/mol. The second-order valence-corrected chi connectivity index (χ2v) is 6.04. The quantitative estimate of drug-likeness (QED) is 0.797. The number of carbonyl (C=O) groups excluding carboxylic acids is 2. The Hall–Kier alpha value is -1.10. The van der Waals surface area contributed by atoms with Gasteiger partial charge in [0.2, 0.25) is 11.8 Å². The van der Waals surface area contributed by atoms with Crippen LogP contribution >= 0.6 is 0 Å². The molecule has 0 bridgehead atoms. The second kappa shape index (κ2) is 7.62. The molecule has 20 heavy (non-hydrogen) atoms.